The Kier molecular flexibility index (Phi) is 6.56. The first-order chi connectivity index (χ1) is 14.3. The summed E-state index contributed by atoms with van der Waals surface area (Å²) in [5, 5.41) is 12.9. The van der Waals surface area contributed by atoms with E-state index < -0.39 is 41.0 Å². The van der Waals surface area contributed by atoms with E-state index in [1.165, 1.54) is 19.1 Å². The number of nitrogens with one attached hydrogen (secondary N) is 1. The number of thioether (sulfide) groups is 1. The highest BCUT2D eigenvalue weighted by atomic mass is 32.2. The molecule has 0 bridgehead atoms. The Morgan fingerprint density at radius 3 is 2.57 bits per heavy atom. The summed E-state index contributed by atoms with van der Waals surface area (Å²) in [7, 11) is 0. The maximum Gasteiger partial charge on any atom is 0.332 e. The van der Waals surface area contributed by atoms with Crippen molar-refractivity contribution in [2.45, 2.75) is 37.1 Å². The van der Waals surface area contributed by atoms with E-state index in [2.05, 4.69) is 5.32 Å². The van der Waals surface area contributed by atoms with Crippen LogP contribution in [-0.2, 0) is 30.4 Å². The zero-order valence-electron chi connectivity index (χ0n) is 16.2. The summed E-state index contributed by atoms with van der Waals surface area (Å²) >= 11 is 0.845. The van der Waals surface area contributed by atoms with Crippen LogP contribution < -0.4 is 5.32 Å². The normalized spacial score (nSPS) is 21.8. The number of carboxylic acids is 1. The second kappa shape index (κ2) is 9.12. The first-order valence-corrected chi connectivity index (χ1v) is 10.2. The summed E-state index contributed by atoms with van der Waals surface area (Å²) in [6.07, 6.45) is 2.84. The fourth-order valence-corrected chi connectivity index (χ4v) is 4.25. The van der Waals surface area contributed by atoms with Gasteiger partial charge in [0.2, 0.25) is 11.8 Å². The van der Waals surface area contributed by atoms with E-state index in [0.29, 0.717) is 0 Å². The molecule has 1 fully saturated rings. The van der Waals surface area contributed by atoms with Gasteiger partial charge < -0.3 is 10.4 Å². The third kappa shape index (κ3) is 4.70. The van der Waals surface area contributed by atoms with Crippen LogP contribution in [0.25, 0.3) is 0 Å². The highest BCUT2D eigenvalue weighted by Gasteiger charge is 2.46. The lowest BCUT2D eigenvalue weighted by atomic mass is 10.0. The van der Waals surface area contributed by atoms with Gasteiger partial charge in [-0.3, -0.25) is 19.2 Å². The Labute approximate surface area is 177 Å². The largest absolute Gasteiger partial charge is 0.479 e. The summed E-state index contributed by atoms with van der Waals surface area (Å²) < 4.78 is 0. The molecule has 2 aliphatic rings. The molecule has 9 nitrogen and oxygen atoms in total. The molecule has 2 aliphatic heterocycles. The molecular formula is C20H21N3O6S. The van der Waals surface area contributed by atoms with Crippen molar-refractivity contribution in [2.24, 2.45) is 0 Å². The number of carbonyl (C=O) groups excluding carboxylic acids is 4. The van der Waals surface area contributed by atoms with Crippen LogP contribution in [0.15, 0.2) is 42.5 Å². The minimum atomic E-state index is -1.32. The number of fused-ring (bicyclic) bond motifs is 1. The summed E-state index contributed by atoms with van der Waals surface area (Å²) in [6.45, 7) is 1.44. The van der Waals surface area contributed by atoms with E-state index in [4.69, 9.17) is 0 Å². The molecule has 30 heavy (non-hydrogen) atoms. The van der Waals surface area contributed by atoms with Crippen LogP contribution >= 0.6 is 11.8 Å². The third-order valence-electron chi connectivity index (χ3n) is 4.74. The van der Waals surface area contributed by atoms with Crippen molar-refractivity contribution in [3.8, 4) is 0 Å². The number of rotatable bonds is 6. The average Bonchev–Trinajstić information content (AvgIpc) is 2.71. The van der Waals surface area contributed by atoms with Gasteiger partial charge in [0.1, 0.15) is 6.04 Å². The molecule has 1 saturated heterocycles. The molecular weight excluding hydrogens is 410 g/mol. The molecule has 0 radical (unpaired) electrons. The number of carbonyl (C=O) groups is 5. The highest BCUT2D eigenvalue weighted by molar-refractivity contribution is 8.14. The van der Waals surface area contributed by atoms with Crippen LogP contribution in [0.3, 0.4) is 0 Å². The number of hydrogen-bond acceptors (Lipinski definition) is 6. The van der Waals surface area contributed by atoms with Gasteiger partial charge in [-0.1, -0.05) is 54.2 Å². The molecule has 3 rings (SSSR count). The van der Waals surface area contributed by atoms with Crippen molar-refractivity contribution in [2.75, 3.05) is 6.54 Å². The molecule has 158 valence electrons. The minimum absolute atomic E-state index is 0.0891. The zero-order chi connectivity index (χ0) is 21.8. The number of benzene rings is 1. The van der Waals surface area contributed by atoms with Crippen molar-refractivity contribution in [1.82, 2.24) is 15.3 Å². The number of aliphatic carboxylic acids is 1. The van der Waals surface area contributed by atoms with Crippen molar-refractivity contribution in [3.05, 3.63) is 48.0 Å². The molecule has 0 aliphatic carbocycles. The first kappa shape index (κ1) is 21.6. The van der Waals surface area contributed by atoms with Crippen LogP contribution in [0.5, 0.6) is 0 Å². The molecule has 3 amide bonds. The van der Waals surface area contributed by atoms with E-state index in [1.807, 2.05) is 30.3 Å². The fourth-order valence-electron chi connectivity index (χ4n) is 3.40. The highest BCUT2D eigenvalue weighted by Crippen LogP contribution is 2.23. The van der Waals surface area contributed by atoms with Crippen LogP contribution in [0, 0.1) is 0 Å². The summed E-state index contributed by atoms with van der Waals surface area (Å²) in [4.78, 5) is 61.4. The molecule has 0 aromatic heterocycles. The van der Waals surface area contributed by atoms with E-state index in [9.17, 15) is 29.1 Å². The van der Waals surface area contributed by atoms with Crippen LogP contribution in [0.1, 0.15) is 18.9 Å². The number of hydrazine groups is 1. The number of amides is 3. The van der Waals surface area contributed by atoms with Crippen LogP contribution in [0.2, 0.25) is 0 Å². The molecule has 1 aromatic carbocycles. The van der Waals surface area contributed by atoms with Gasteiger partial charge in [0.05, 0.1) is 18.2 Å². The smallest absolute Gasteiger partial charge is 0.332 e. The van der Waals surface area contributed by atoms with Gasteiger partial charge in [-0.2, -0.15) is 0 Å². The second-order valence-electron chi connectivity index (χ2n) is 6.92. The van der Waals surface area contributed by atoms with Crippen LogP contribution in [0.4, 0.5) is 0 Å². The molecule has 0 saturated carbocycles. The van der Waals surface area contributed by atoms with Gasteiger partial charge in [0, 0.05) is 6.92 Å². The molecule has 1 aromatic rings. The number of hydrogen-bond donors (Lipinski definition) is 2. The maximum atomic E-state index is 12.9. The SMILES string of the molecule is CC(=O)S[C@H](Cc1ccccc1)C(=O)NC1CC(=O)N2CC=C[C@@H](C(=O)O)N2C1=O. The van der Waals surface area contributed by atoms with E-state index in [-0.39, 0.29) is 24.5 Å². The zero-order valence-corrected chi connectivity index (χ0v) is 17.0. The van der Waals surface area contributed by atoms with Crippen molar-refractivity contribution in [3.63, 3.8) is 0 Å². The quantitative estimate of drug-likeness (QED) is 0.623. The fraction of sp³-hybridized carbons (Fsp3) is 0.350. The van der Waals surface area contributed by atoms with Gasteiger partial charge in [-0.05, 0) is 12.0 Å². The molecule has 2 heterocycles. The van der Waals surface area contributed by atoms with Crippen molar-refractivity contribution in [1.29, 1.82) is 0 Å². The number of nitrogens with zero attached hydrogens (tertiary/aromatic N) is 2. The summed E-state index contributed by atoms with van der Waals surface area (Å²) in [6, 6.07) is 6.60. The van der Waals surface area contributed by atoms with Gasteiger partial charge in [0.15, 0.2) is 11.2 Å². The van der Waals surface area contributed by atoms with Gasteiger partial charge in [-0.15, -0.1) is 0 Å². The third-order valence-corrected chi connectivity index (χ3v) is 5.74. The number of carboxylic acid groups (broad SMARTS) is 1. The predicted molar refractivity (Wildman–Crippen MR) is 108 cm³/mol. The van der Waals surface area contributed by atoms with Crippen LogP contribution in [-0.4, -0.2) is 67.8 Å². The first-order valence-electron chi connectivity index (χ1n) is 9.32. The molecule has 2 N–H and O–H groups in total. The minimum Gasteiger partial charge on any atom is -0.479 e. The van der Waals surface area contributed by atoms with Gasteiger partial charge in [0.25, 0.3) is 5.91 Å². The Morgan fingerprint density at radius 1 is 1.23 bits per heavy atom. The summed E-state index contributed by atoms with van der Waals surface area (Å²) in [5.74, 6) is -2.98. The van der Waals surface area contributed by atoms with Crippen molar-refractivity contribution >= 4 is 40.6 Å². The van der Waals surface area contributed by atoms with E-state index in [0.717, 1.165) is 27.3 Å². The Bertz CT molecular complexity index is 903. The lowest BCUT2D eigenvalue weighted by Crippen LogP contribution is -2.67. The van der Waals surface area contributed by atoms with E-state index in [1.54, 1.807) is 0 Å². The Hall–Kier alpha value is -3.14. The van der Waals surface area contributed by atoms with Gasteiger partial charge >= 0.3 is 5.97 Å². The van der Waals surface area contributed by atoms with E-state index >= 15 is 0 Å². The molecule has 0 spiro atoms. The molecule has 1 unspecified atom stereocenters. The maximum absolute atomic E-state index is 12.9. The average molecular weight is 431 g/mol. The Balaban J connectivity index is 1.77. The second-order valence-corrected chi connectivity index (χ2v) is 8.30. The molecule has 10 heteroatoms. The summed E-state index contributed by atoms with van der Waals surface area (Å²) in [5.41, 5.74) is 0.843. The predicted octanol–water partition coefficient (Wildman–Crippen LogP) is 0.361. The van der Waals surface area contributed by atoms with Crippen molar-refractivity contribution < 1.29 is 29.1 Å². The Morgan fingerprint density at radius 2 is 1.93 bits per heavy atom. The molecule has 3 atom stereocenters. The lowest BCUT2D eigenvalue weighted by Gasteiger charge is -2.44. The topological polar surface area (TPSA) is 124 Å². The lowest BCUT2D eigenvalue weighted by molar-refractivity contribution is -0.182. The standard InChI is InChI=1S/C20H21N3O6S/c1-12(24)30-16(10-13-6-3-2-4-7-13)18(26)21-14-11-17(25)22-9-5-8-15(20(28)29)23(22)19(14)27/h2-8,14-16H,9-11H2,1H3,(H,21,26)(H,28,29)/t14?,15-,16+/m0/s1. The monoisotopic (exact) mass is 431 g/mol. The van der Waals surface area contributed by atoms with Gasteiger partial charge in [-0.25, -0.2) is 14.8 Å².